The molecule has 1 unspecified atom stereocenters. The summed E-state index contributed by atoms with van der Waals surface area (Å²) in [6.07, 6.45) is 12.5. The molecular weight excluding hydrogens is 328 g/mol. The van der Waals surface area contributed by atoms with Gasteiger partial charge in [-0.1, -0.05) is 55.4 Å². The first-order valence-electron chi connectivity index (χ1n) is 8.91. The fourth-order valence-corrected chi connectivity index (χ4v) is 3.11. The van der Waals surface area contributed by atoms with E-state index in [0.717, 1.165) is 18.1 Å². The van der Waals surface area contributed by atoms with Gasteiger partial charge in [-0.3, -0.25) is 4.79 Å². The maximum atomic E-state index is 11.5. The lowest BCUT2D eigenvalue weighted by atomic mass is 9.72. The molecule has 1 aliphatic carbocycles. The zero-order valence-electron chi connectivity index (χ0n) is 16.4. The minimum atomic E-state index is -2.01. The molecule has 0 radical (unpaired) electrons. The van der Waals surface area contributed by atoms with Crippen molar-refractivity contribution >= 4 is 11.8 Å². The minimum absolute atomic E-state index is 0.208. The average Bonchev–Trinajstić information content (AvgIpc) is 2.52. The van der Waals surface area contributed by atoms with Crippen molar-refractivity contribution in [1.29, 1.82) is 0 Å². The zero-order valence-corrected chi connectivity index (χ0v) is 16.4. The van der Waals surface area contributed by atoms with Crippen LogP contribution in [0, 0.1) is 5.41 Å². The van der Waals surface area contributed by atoms with Crippen LogP contribution in [0.3, 0.4) is 0 Å². The van der Waals surface area contributed by atoms with E-state index in [1.807, 2.05) is 13.0 Å². The normalized spacial score (nSPS) is 20.1. The van der Waals surface area contributed by atoms with E-state index >= 15 is 0 Å². The highest BCUT2D eigenvalue weighted by Crippen LogP contribution is 2.40. The number of carbonyl (C=O) groups is 2. The Labute approximate surface area is 156 Å². The third kappa shape index (κ3) is 6.60. The average molecular weight is 358 g/mol. The third-order valence-corrected chi connectivity index (χ3v) is 4.65. The Bertz CT molecular complexity index is 700. The molecule has 0 aromatic rings. The fraction of sp³-hybridized carbons (Fsp3) is 0.455. The molecule has 0 fully saturated rings. The molecule has 4 heteroatoms. The number of ketones is 1. The van der Waals surface area contributed by atoms with Crippen LogP contribution in [0.4, 0.5) is 0 Å². The van der Waals surface area contributed by atoms with Gasteiger partial charge in [0, 0.05) is 0 Å². The van der Waals surface area contributed by atoms with Gasteiger partial charge < -0.3 is 10.2 Å². The standard InChI is InChI=1S/C22H30O4/c1-15(11-12-18-17(3)10-7-13-22(18,4)5)8-6-9-16(2)14-19(23)20(24)21(25)26/h6,8-9,11-12,14,20,24H,7,10,13H2,1-5H3,(H,25,26). The van der Waals surface area contributed by atoms with Crippen molar-refractivity contribution < 1.29 is 19.8 Å². The van der Waals surface area contributed by atoms with Gasteiger partial charge in [-0.05, 0) is 62.7 Å². The van der Waals surface area contributed by atoms with Crippen LogP contribution in [0.25, 0.3) is 0 Å². The number of hydrogen-bond acceptors (Lipinski definition) is 3. The SMILES string of the molecule is CC(C=CC1=C(C)CCCC1(C)C)=CC=CC(C)=CC(=O)C(O)C(=O)O. The number of aliphatic hydroxyl groups is 1. The number of hydrogen-bond donors (Lipinski definition) is 2. The van der Waals surface area contributed by atoms with Crippen LogP contribution in [-0.2, 0) is 9.59 Å². The maximum Gasteiger partial charge on any atom is 0.340 e. The first-order valence-corrected chi connectivity index (χ1v) is 8.91. The van der Waals surface area contributed by atoms with Gasteiger partial charge in [-0.2, -0.15) is 0 Å². The van der Waals surface area contributed by atoms with Gasteiger partial charge in [0.2, 0.25) is 6.10 Å². The summed E-state index contributed by atoms with van der Waals surface area (Å²) in [7, 11) is 0. The topological polar surface area (TPSA) is 74.6 Å². The van der Waals surface area contributed by atoms with Crippen LogP contribution in [0.1, 0.15) is 53.9 Å². The lowest BCUT2D eigenvalue weighted by molar-refractivity contribution is -0.150. The first kappa shape index (κ1) is 21.8. The van der Waals surface area contributed by atoms with Crippen molar-refractivity contribution in [2.75, 3.05) is 0 Å². The summed E-state index contributed by atoms with van der Waals surface area (Å²) in [6, 6.07) is 0. The van der Waals surface area contributed by atoms with Crippen LogP contribution in [0.15, 0.2) is 58.7 Å². The van der Waals surface area contributed by atoms with E-state index in [1.54, 1.807) is 19.1 Å². The largest absolute Gasteiger partial charge is 0.479 e. The molecule has 26 heavy (non-hydrogen) atoms. The number of allylic oxidation sites excluding steroid dienone is 9. The highest BCUT2D eigenvalue weighted by Gasteiger charge is 2.26. The van der Waals surface area contributed by atoms with Gasteiger partial charge in [0.05, 0.1) is 0 Å². The number of rotatable bonds is 7. The van der Waals surface area contributed by atoms with Gasteiger partial charge >= 0.3 is 5.97 Å². The molecule has 0 spiro atoms. The highest BCUT2D eigenvalue weighted by molar-refractivity contribution is 6.07. The number of aliphatic hydroxyl groups excluding tert-OH is 1. The van der Waals surface area contributed by atoms with Crippen molar-refractivity contribution in [2.24, 2.45) is 5.41 Å². The fourth-order valence-electron chi connectivity index (χ4n) is 3.11. The predicted octanol–water partition coefficient (Wildman–Crippen LogP) is 4.53. The van der Waals surface area contributed by atoms with Crippen LogP contribution < -0.4 is 0 Å². The lowest BCUT2D eigenvalue weighted by Gasteiger charge is -2.32. The van der Waals surface area contributed by atoms with E-state index in [0.29, 0.717) is 5.57 Å². The van der Waals surface area contributed by atoms with Crippen molar-refractivity contribution in [3.63, 3.8) is 0 Å². The van der Waals surface area contributed by atoms with Gasteiger partial charge in [0.15, 0.2) is 5.78 Å². The Morgan fingerprint density at radius 1 is 1.15 bits per heavy atom. The molecule has 1 atom stereocenters. The molecule has 0 heterocycles. The van der Waals surface area contributed by atoms with Gasteiger partial charge in [0.25, 0.3) is 0 Å². The van der Waals surface area contributed by atoms with Crippen LogP contribution in [-0.4, -0.2) is 28.1 Å². The number of aliphatic carboxylic acids is 1. The van der Waals surface area contributed by atoms with Crippen molar-refractivity contribution in [3.8, 4) is 0 Å². The molecular formula is C22H30O4. The summed E-state index contributed by atoms with van der Waals surface area (Å²) in [6.45, 7) is 10.5. The second-order valence-corrected chi connectivity index (χ2v) is 7.57. The van der Waals surface area contributed by atoms with E-state index in [1.165, 1.54) is 24.0 Å². The van der Waals surface area contributed by atoms with E-state index in [-0.39, 0.29) is 5.41 Å². The van der Waals surface area contributed by atoms with Gasteiger partial charge in [-0.25, -0.2) is 4.79 Å². The van der Waals surface area contributed by atoms with E-state index in [9.17, 15) is 14.7 Å². The van der Waals surface area contributed by atoms with E-state index in [4.69, 9.17) is 5.11 Å². The Morgan fingerprint density at radius 2 is 1.81 bits per heavy atom. The zero-order chi connectivity index (χ0) is 19.9. The smallest absolute Gasteiger partial charge is 0.340 e. The van der Waals surface area contributed by atoms with Gasteiger partial charge in [0.1, 0.15) is 0 Å². The second-order valence-electron chi connectivity index (χ2n) is 7.57. The Morgan fingerprint density at radius 3 is 2.38 bits per heavy atom. The molecule has 0 bridgehead atoms. The molecule has 0 saturated carbocycles. The predicted molar refractivity (Wildman–Crippen MR) is 105 cm³/mol. The van der Waals surface area contributed by atoms with Crippen LogP contribution in [0.5, 0.6) is 0 Å². The Kier molecular flexibility index (Phi) is 7.97. The second kappa shape index (κ2) is 9.48. The third-order valence-electron chi connectivity index (χ3n) is 4.65. The monoisotopic (exact) mass is 358 g/mol. The molecule has 0 aliphatic heterocycles. The van der Waals surface area contributed by atoms with Crippen molar-refractivity contribution in [1.82, 2.24) is 0 Å². The summed E-state index contributed by atoms with van der Waals surface area (Å²) in [5.41, 5.74) is 4.72. The van der Waals surface area contributed by atoms with E-state index in [2.05, 4.69) is 32.9 Å². The number of carbonyl (C=O) groups excluding carboxylic acids is 1. The number of carboxylic acid groups (broad SMARTS) is 1. The van der Waals surface area contributed by atoms with Gasteiger partial charge in [-0.15, -0.1) is 0 Å². The molecule has 2 N–H and O–H groups in total. The lowest BCUT2D eigenvalue weighted by Crippen LogP contribution is -2.28. The molecule has 4 nitrogen and oxygen atoms in total. The molecule has 1 aliphatic rings. The Hall–Kier alpha value is -2.20. The van der Waals surface area contributed by atoms with Crippen LogP contribution >= 0.6 is 0 Å². The molecule has 142 valence electrons. The van der Waals surface area contributed by atoms with Crippen molar-refractivity contribution in [3.05, 3.63) is 58.7 Å². The number of carboxylic acids is 1. The molecule has 0 amide bonds. The summed E-state index contributed by atoms with van der Waals surface area (Å²) >= 11 is 0. The molecule has 0 aromatic heterocycles. The molecule has 1 rings (SSSR count). The summed E-state index contributed by atoms with van der Waals surface area (Å²) < 4.78 is 0. The molecule has 0 saturated heterocycles. The first-order chi connectivity index (χ1) is 12.0. The Balaban J connectivity index is 2.78. The summed E-state index contributed by atoms with van der Waals surface area (Å²) in [4.78, 5) is 22.0. The highest BCUT2D eigenvalue weighted by atomic mass is 16.4. The maximum absolute atomic E-state index is 11.5. The minimum Gasteiger partial charge on any atom is -0.479 e. The molecule has 0 aromatic carbocycles. The summed E-state index contributed by atoms with van der Waals surface area (Å²) in [5, 5.41) is 17.8. The summed E-state index contributed by atoms with van der Waals surface area (Å²) in [5.74, 6) is -2.37. The van der Waals surface area contributed by atoms with E-state index < -0.39 is 17.9 Å². The van der Waals surface area contributed by atoms with Crippen LogP contribution in [0.2, 0.25) is 0 Å². The van der Waals surface area contributed by atoms with Crippen molar-refractivity contribution in [2.45, 2.75) is 60.0 Å². The quantitative estimate of drug-likeness (QED) is 0.398.